The summed E-state index contributed by atoms with van der Waals surface area (Å²) in [6, 6.07) is 22.0. The molecule has 0 aliphatic carbocycles. The number of methoxy groups -OCH3 is 1. The number of aryl methyl sites for hydroxylation is 1. The molecule has 1 amide bonds. The third-order valence-corrected chi connectivity index (χ3v) is 5.76. The van der Waals surface area contributed by atoms with Crippen LogP contribution in [0.25, 0.3) is 27.7 Å². The second-order valence-electron chi connectivity index (χ2n) is 7.94. The van der Waals surface area contributed by atoms with E-state index in [1.807, 2.05) is 75.4 Å². The summed E-state index contributed by atoms with van der Waals surface area (Å²) in [7, 11) is 1.64. The van der Waals surface area contributed by atoms with Crippen molar-refractivity contribution in [1.29, 1.82) is 0 Å². The highest BCUT2D eigenvalue weighted by Gasteiger charge is 2.19. The Morgan fingerprint density at radius 3 is 2.38 bits per heavy atom. The molecule has 0 spiro atoms. The molecular weight excluding hydrogens is 398 g/mol. The molecule has 32 heavy (non-hydrogen) atoms. The molecule has 0 fully saturated rings. The van der Waals surface area contributed by atoms with Gasteiger partial charge in [-0.3, -0.25) is 4.79 Å². The first kappa shape index (κ1) is 21.4. The van der Waals surface area contributed by atoms with E-state index in [1.54, 1.807) is 19.4 Å². The van der Waals surface area contributed by atoms with Crippen molar-refractivity contribution in [3.8, 4) is 16.9 Å². The second kappa shape index (κ2) is 9.15. The summed E-state index contributed by atoms with van der Waals surface area (Å²) >= 11 is 0. The van der Waals surface area contributed by atoms with Crippen LogP contribution in [0, 0.1) is 6.92 Å². The summed E-state index contributed by atoms with van der Waals surface area (Å²) in [5, 5.41) is 4.04. The van der Waals surface area contributed by atoms with Crippen LogP contribution in [-0.2, 0) is 4.79 Å². The maximum atomic E-state index is 12.8. The molecule has 0 radical (unpaired) electrons. The summed E-state index contributed by atoms with van der Waals surface area (Å²) in [5.74, 6) is 0.568. The average Bonchev–Trinajstić information content (AvgIpc) is 3.24. The standard InChI is InChI=1S/C28H27NO3/c1-18(15-26(30)29-20(3)21-11-7-5-8-12-21)23-16-24-25(22-13-9-6-10-14-22)17-32-28(24)19(2)27(23)31-4/h5-17,20H,1-4H3,(H,29,30)/b18-15+. The fourth-order valence-corrected chi connectivity index (χ4v) is 4.07. The zero-order valence-corrected chi connectivity index (χ0v) is 18.8. The number of carbonyl (C=O) groups excluding carboxylic acids is 1. The van der Waals surface area contributed by atoms with Gasteiger partial charge >= 0.3 is 0 Å². The third-order valence-electron chi connectivity index (χ3n) is 5.76. The molecule has 0 saturated carbocycles. The first-order chi connectivity index (χ1) is 15.5. The van der Waals surface area contributed by atoms with Crippen LogP contribution in [0.5, 0.6) is 5.75 Å². The minimum absolute atomic E-state index is 0.0857. The van der Waals surface area contributed by atoms with E-state index >= 15 is 0 Å². The van der Waals surface area contributed by atoms with Crippen molar-refractivity contribution >= 4 is 22.4 Å². The highest BCUT2D eigenvalue weighted by atomic mass is 16.5. The molecule has 0 bridgehead atoms. The zero-order valence-electron chi connectivity index (χ0n) is 18.8. The lowest BCUT2D eigenvalue weighted by molar-refractivity contribution is -0.117. The minimum Gasteiger partial charge on any atom is -0.496 e. The SMILES string of the molecule is COc1c(/C(C)=C/C(=O)NC(C)c2ccccc2)cc2c(-c3ccccc3)coc2c1C. The van der Waals surface area contributed by atoms with Gasteiger partial charge in [-0.1, -0.05) is 60.7 Å². The Morgan fingerprint density at radius 2 is 1.72 bits per heavy atom. The lowest BCUT2D eigenvalue weighted by Gasteiger charge is -2.15. The van der Waals surface area contributed by atoms with E-state index in [2.05, 4.69) is 17.4 Å². The van der Waals surface area contributed by atoms with Crippen molar-refractivity contribution in [2.24, 2.45) is 0 Å². The second-order valence-corrected chi connectivity index (χ2v) is 7.94. The Morgan fingerprint density at radius 1 is 1.06 bits per heavy atom. The molecule has 1 N–H and O–H groups in total. The number of nitrogens with one attached hydrogen (secondary N) is 1. The molecule has 4 heteroatoms. The molecule has 4 nitrogen and oxygen atoms in total. The molecule has 4 aromatic rings. The number of hydrogen-bond donors (Lipinski definition) is 1. The first-order valence-corrected chi connectivity index (χ1v) is 10.7. The molecule has 1 unspecified atom stereocenters. The van der Waals surface area contributed by atoms with Gasteiger partial charge in [0.05, 0.1) is 19.4 Å². The molecule has 162 valence electrons. The van der Waals surface area contributed by atoms with Gasteiger partial charge in [-0.05, 0) is 43.5 Å². The van der Waals surface area contributed by atoms with Crippen LogP contribution < -0.4 is 10.1 Å². The number of ether oxygens (including phenoxy) is 1. The monoisotopic (exact) mass is 425 g/mol. The number of allylic oxidation sites excluding steroid dienone is 1. The molecule has 0 aliphatic heterocycles. The van der Waals surface area contributed by atoms with E-state index in [9.17, 15) is 4.79 Å². The predicted molar refractivity (Wildman–Crippen MR) is 130 cm³/mol. The fourth-order valence-electron chi connectivity index (χ4n) is 4.07. The van der Waals surface area contributed by atoms with Crippen molar-refractivity contribution in [2.45, 2.75) is 26.8 Å². The summed E-state index contributed by atoms with van der Waals surface area (Å²) in [5.41, 5.74) is 6.56. The number of hydrogen-bond acceptors (Lipinski definition) is 3. The van der Waals surface area contributed by atoms with E-state index < -0.39 is 0 Å². The van der Waals surface area contributed by atoms with E-state index in [1.165, 1.54) is 0 Å². The van der Waals surface area contributed by atoms with Crippen LogP contribution in [-0.4, -0.2) is 13.0 Å². The first-order valence-electron chi connectivity index (χ1n) is 10.7. The third kappa shape index (κ3) is 4.17. The van der Waals surface area contributed by atoms with Crippen LogP contribution in [0.4, 0.5) is 0 Å². The Labute approximate surface area is 188 Å². The summed E-state index contributed by atoms with van der Waals surface area (Å²) in [6.45, 7) is 5.89. The van der Waals surface area contributed by atoms with Crippen LogP contribution >= 0.6 is 0 Å². The Hall–Kier alpha value is -3.79. The predicted octanol–water partition coefficient (Wildman–Crippen LogP) is 6.70. The van der Waals surface area contributed by atoms with Crippen molar-refractivity contribution in [3.05, 3.63) is 95.8 Å². The van der Waals surface area contributed by atoms with Crippen molar-refractivity contribution in [2.75, 3.05) is 7.11 Å². The molecule has 3 aromatic carbocycles. The van der Waals surface area contributed by atoms with Gasteiger partial charge in [0.25, 0.3) is 0 Å². The van der Waals surface area contributed by atoms with Gasteiger partial charge in [0.2, 0.25) is 5.91 Å². The van der Waals surface area contributed by atoms with Crippen molar-refractivity contribution in [3.63, 3.8) is 0 Å². The van der Waals surface area contributed by atoms with Gasteiger partial charge in [0.15, 0.2) is 0 Å². The normalized spacial score (nSPS) is 12.6. The minimum atomic E-state index is -0.144. The molecule has 1 aromatic heterocycles. The molecule has 0 saturated heterocycles. The highest BCUT2D eigenvalue weighted by Crippen LogP contribution is 2.40. The largest absolute Gasteiger partial charge is 0.496 e. The summed E-state index contributed by atoms with van der Waals surface area (Å²) in [4.78, 5) is 12.8. The molecule has 1 atom stereocenters. The van der Waals surface area contributed by atoms with Crippen molar-refractivity contribution < 1.29 is 13.9 Å². The molecular formula is C28H27NO3. The zero-order chi connectivity index (χ0) is 22.7. The number of benzene rings is 3. The fraction of sp³-hybridized carbons (Fsp3) is 0.179. The number of fused-ring (bicyclic) bond motifs is 1. The average molecular weight is 426 g/mol. The van der Waals surface area contributed by atoms with Crippen LogP contribution in [0.2, 0.25) is 0 Å². The van der Waals surface area contributed by atoms with Gasteiger partial charge < -0.3 is 14.5 Å². The highest BCUT2D eigenvalue weighted by molar-refractivity contribution is 6.01. The van der Waals surface area contributed by atoms with Crippen molar-refractivity contribution in [1.82, 2.24) is 5.32 Å². The van der Waals surface area contributed by atoms with Gasteiger partial charge in [-0.2, -0.15) is 0 Å². The summed E-state index contributed by atoms with van der Waals surface area (Å²) < 4.78 is 11.6. The number of rotatable bonds is 6. The number of amides is 1. The Kier molecular flexibility index (Phi) is 6.13. The Balaban J connectivity index is 1.71. The van der Waals surface area contributed by atoms with Gasteiger partial charge in [-0.15, -0.1) is 0 Å². The smallest absolute Gasteiger partial charge is 0.244 e. The maximum absolute atomic E-state index is 12.8. The topological polar surface area (TPSA) is 51.5 Å². The maximum Gasteiger partial charge on any atom is 0.244 e. The van der Waals surface area contributed by atoms with Crippen LogP contribution in [0.3, 0.4) is 0 Å². The quantitative estimate of drug-likeness (QED) is 0.350. The van der Waals surface area contributed by atoms with Gasteiger partial charge in [0, 0.05) is 28.2 Å². The number of furan rings is 1. The molecule has 4 rings (SSSR count). The molecule has 0 aliphatic rings. The van der Waals surface area contributed by atoms with Crippen LogP contribution in [0.1, 0.15) is 36.6 Å². The number of carbonyl (C=O) groups is 1. The lowest BCUT2D eigenvalue weighted by atomic mass is 9.96. The van der Waals surface area contributed by atoms with Crippen LogP contribution in [0.15, 0.2) is 83.5 Å². The van der Waals surface area contributed by atoms with E-state index in [4.69, 9.17) is 9.15 Å². The molecule has 1 heterocycles. The van der Waals surface area contributed by atoms with Gasteiger partial charge in [0.1, 0.15) is 11.3 Å². The van der Waals surface area contributed by atoms with E-state index in [0.29, 0.717) is 5.75 Å². The summed E-state index contributed by atoms with van der Waals surface area (Å²) in [6.07, 6.45) is 3.41. The van der Waals surface area contributed by atoms with Gasteiger partial charge in [-0.25, -0.2) is 0 Å². The Bertz CT molecular complexity index is 1270. The lowest BCUT2D eigenvalue weighted by Crippen LogP contribution is -2.24. The van der Waals surface area contributed by atoms with E-state index in [-0.39, 0.29) is 11.9 Å². The van der Waals surface area contributed by atoms with E-state index in [0.717, 1.165) is 44.4 Å².